The van der Waals surface area contributed by atoms with Crippen LogP contribution < -0.4 is 10.6 Å². The first-order chi connectivity index (χ1) is 9.13. The Kier molecular flexibility index (Phi) is 6.64. The number of hydrogen-bond donors (Lipinski definition) is 2. The van der Waals surface area contributed by atoms with Gasteiger partial charge in [0.2, 0.25) is 11.8 Å². The second kappa shape index (κ2) is 8.29. The summed E-state index contributed by atoms with van der Waals surface area (Å²) < 4.78 is 0. The molecule has 1 aromatic rings. The smallest absolute Gasteiger partial charge is 0.239 e. The molecule has 2 N–H and O–H groups in total. The zero-order valence-electron chi connectivity index (χ0n) is 11.7. The predicted octanol–water partition coefficient (Wildman–Crippen LogP) is 1.92. The topological polar surface area (TPSA) is 58.2 Å². The highest BCUT2D eigenvalue weighted by molar-refractivity contribution is 5.84. The van der Waals surface area contributed by atoms with E-state index in [0.717, 1.165) is 24.0 Å². The Balaban J connectivity index is 2.25. The van der Waals surface area contributed by atoms with Crippen LogP contribution >= 0.6 is 0 Å². The van der Waals surface area contributed by atoms with Crippen LogP contribution in [0.1, 0.15) is 37.3 Å². The van der Waals surface area contributed by atoms with Crippen molar-refractivity contribution in [2.75, 3.05) is 6.54 Å². The largest absolute Gasteiger partial charge is 0.350 e. The molecule has 0 heterocycles. The van der Waals surface area contributed by atoms with E-state index in [-0.39, 0.29) is 18.4 Å². The van der Waals surface area contributed by atoms with Gasteiger partial charge in [0.15, 0.2) is 0 Å². The summed E-state index contributed by atoms with van der Waals surface area (Å²) in [6.07, 6.45) is 2.32. The molecule has 2 amide bonds. The van der Waals surface area contributed by atoms with Gasteiger partial charge in [0.1, 0.15) is 0 Å². The SMILES string of the molecule is CCCCC(=O)NCC(=O)NCc1ccccc1C. The monoisotopic (exact) mass is 262 g/mol. The lowest BCUT2D eigenvalue weighted by atomic mass is 10.1. The second-order valence-electron chi connectivity index (χ2n) is 4.58. The first-order valence-electron chi connectivity index (χ1n) is 6.71. The summed E-state index contributed by atoms with van der Waals surface area (Å²) in [4.78, 5) is 22.9. The molecular weight excluding hydrogens is 240 g/mol. The van der Waals surface area contributed by atoms with Crippen LogP contribution in [0.15, 0.2) is 24.3 Å². The maximum atomic E-state index is 11.6. The molecule has 0 atom stereocenters. The maximum Gasteiger partial charge on any atom is 0.239 e. The van der Waals surface area contributed by atoms with Crippen molar-refractivity contribution in [3.63, 3.8) is 0 Å². The quantitative estimate of drug-likeness (QED) is 0.788. The molecule has 0 bridgehead atoms. The van der Waals surface area contributed by atoms with Crippen molar-refractivity contribution in [3.8, 4) is 0 Å². The minimum absolute atomic E-state index is 0.0500. The molecular formula is C15H22N2O2. The van der Waals surface area contributed by atoms with Crippen molar-refractivity contribution in [1.29, 1.82) is 0 Å². The van der Waals surface area contributed by atoms with E-state index in [1.165, 1.54) is 0 Å². The highest BCUT2D eigenvalue weighted by Crippen LogP contribution is 2.05. The van der Waals surface area contributed by atoms with Gasteiger partial charge >= 0.3 is 0 Å². The third-order valence-corrected chi connectivity index (χ3v) is 2.94. The van der Waals surface area contributed by atoms with Gasteiger partial charge in [-0.2, -0.15) is 0 Å². The van der Waals surface area contributed by atoms with E-state index in [1.807, 2.05) is 38.1 Å². The average Bonchev–Trinajstić information content (AvgIpc) is 2.42. The van der Waals surface area contributed by atoms with Crippen molar-refractivity contribution in [3.05, 3.63) is 35.4 Å². The molecule has 0 aromatic heterocycles. The van der Waals surface area contributed by atoms with Crippen LogP contribution in [-0.4, -0.2) is 18.4 Å². The minimum Gasteiger partial charge on any atom is -0.350 e. The van der Waals surface area contributed by atoms with Gasteiger partial charge in [0.25, 0.3) is 0 Å². The van der Waals surface area contributed by atoms with E-state index in [2.05, 4.69) is 10.6 Å². The Labute approximate surface area is 114 Å². The van der Waals surface area contributed by atoms with E-state index in [0.29, 0.717) is 13.0 Å². The van der Waals surface area contributed by atoms with Crippen LogP contribution in [0, 0.1) is 6.92 Å². The van der Waals surface area contributed by atoms with E-state index >= 15 is 0 Å². The lowest BCUT2D eigenvalue weighted by Gasteiger charge is -2.08. The summed E-state index contributed by atoms with van der Waals surface area (Å²) >= 11 is 0. The van der Waals surface area contributed by atoms with Crippen LogP contribution in [0.25, 0.3) is 0 Å². The van der Waals surface area contributed by atoms with Crippen LogP contribution in [0.3, 0.4) is 0 Å². The number of unbranched alkanes of at least 4 members (excludes halogenated alkanes) is 1. The molecule has 4 heteroatoms. The van der Waals surface area contributed by atoms with Gasteiger partial charge in [-0.25, -0.2) is 0 Å². The molecule has 104 valence electrons. The Morgan fingerprint density at radius 1 is 1.11 bits per heavy atom. The first kappa shape index (κ1) is 15.2. The normalized spacial score (nSPS) is 10.0. The molecule has 0 saturated carbocycles. The Hall–Kier alpha value is -1.84. The first-order valence-corrected chi connectivity index (χ1v) is 6.71. The summed E-state index contributed by atoms with van der Waals surface area (Å²) in [7, 11) is 0. The molecule has 0 unspecified atom stereocenters. The molecule has 0 fully saturated rings. The van der Waals surface area contributed by atoms with E-state index in [4.69, 9.17) is 0 Å². The van der Waals surface area contributed by atoms with Gasteiger partial charge < -0.3 is 10.6 Å². The summed E-state index contributed by atoms with van der Waals surface area (Å²) in [5.74, 6) is -0.221. The van der Waals surface area contributed by atoms with Crippen molar-refractivity contribution in [2.45, 2.75) is 39.7 Å². The number of benzene rings is 1. The number of hydrogen-bond acceptors (Lipinski definition) is 2. The second-order valence-corrected chi connectivity index (χ2v) is 4.58. The molecule has 0 saturated heterocycles. The van der Waals surface area contributed by atoms with Gasteiger partial charge in [0, 0.05) is 13.0 Å². The fraction of sp³-hybridized carbons (Fsp3) is 0.467. The lowest BCUT2D eigenvalue weighted by Crippen LogP contribution is -2.36. The number of aryl methyl sites for hydroxylation is 1. The standard InChI is InChI=1S/C15H22N2O2/c1-3-4-9-14(18)17-11-15(19)16-10-13-8-6-5-7-12(13)2/h5-8H,3-4,9-11H2,1-2H3,(H,16,19)(H,17,18). The van der Waals surface area contributed by atoms with Crippen LogP contribution in [0.2, 0.25) is 0 Å². The van der Waals surface area contributed by atoms with E-state index in [9.17, 15) is 9.59 Å². The highest BCUT2D eigenvalue weighted by atomic mass is 16.2. The number of carbonyl (C=O) groups is 2. The molecule has 0 aliphatic rings. The van der Waals surface area contributed by atoms with E-state index in [1.54, 1.807) is 0 Å². The third-order valence-electron chi connectivity index (χ3n) is 2.94. The molecule has 1 rings (SSSR count). The lowest BCUT2D eigenvalue weighted by molar-refractivity contribution is -0.126. The minimum atomic E-state index is -0.159. The molecule has 0 aliphatic carbocycles. The van der Waals surface area contributed by atoms with Crippen LogP contribution in [-0.2, 0) is 16.1 Å². The van der Waals surface area contributed by atoms with Gasteiger partial charge in [-0.1, -0.05) is 37.6 Å². The molecule has 0 radical (unpaired) electrons. The van der Waals surface area contributed by atoms with Crippen molar-refractivity contribution < 1.29 is 9.59 Å². The summed E-state index contributed by atoms with van der Waals surface area (Å²) in [6, 6.07) is 7.90. The van der Waals surface area contributed by atoms with Crippen molar-refractivity contribution in [2.24, 2.45) is 0 Å². The number of carbonyl (C=O) groups excluding carboxylic acids is 2. The van der Waals surface area contributed by atoms with Crippen molar-refractivity contribution in [1.82, 2.24) is 10.6 Å². The van der Waals surface area contributed by atoms with Crippen LogP contribution in [0.5, 0.6) is 0 Å². The zero-order chi connectivity index (χ0) is 14.1. The van der Waals surface area contributed by atoms with E-state index < -0.39 is 0 Å². The van der Waals surface area contributed by atoms with Gasteiger partial charge in [-0.3, -0.25) is 9.59 Å². The van der Waals surface area contributed by atoms with Gasteiger partial charge in [0.05, 0.1) is 6.54 Å². The number of nitrogens with one attached hydrogen (secondary N) is 2. The Morgan fingerprint density at radius 3 is 2.53 bits per heavy atom. The number of amides is 2. The van der Waals surface area contributed by atoms with Crippen molar-refractivity contribution >= 4 is 11.8 Å². The molecule has 0 aliphatic heterocycles. The summed E-state index contributed by atoms with van der Waals surface area (Å²) in [5.41, 5.74) is 2.24. The highest BCUT2D eigenvalue weighted by Gasteiger charge is 2.05. The molecule has 1 aromatic carbocycles. The molecule has 19 heavy (non-hydrogen) atoms. The Bertz CT molecular complexity index is 430. The predicted molar refractivity (Wildman–Crippen MR) is 75.6 cm³/mol. The third kappa shape index (κ3) is 6.04. The average molecular weight is 262 g/mol. The van der Waals surface area contributed by atoms with Crippen LogP contribution in [0.4, 0.5) is 0 Å². The van der Waals surface area contributed by atoms with Gasteiger partial charge in [-0.05, 0) is 24.5 Å². The fourth-order valence-electron chi connectivity index (χ4n) is 1.67. The van der Waals surface area contributed by atoms with Gasteiger partial charge in [-0.15, -0.1) is 0 Å². The molecule has 4 nitrogen and oxygen atoms in total. The molecule has 0 spiro atoms. The number of rotatable bonds is 7. The maximum absolute atomic E-state index is 11.6. The summed E-state index contributed by atoms with van der Waals surface area (Å²) in [6.45, 7) is 4.58. The fourth-order valence-corrected chi connectivity index (χ4v) is 1.67. The zero-order valence-corrected chi connectivity index (χ0v) is 11.7. The Morgan fingerprint density at radius 2 is 1.84 bits per heavy atom. The summed E-state index contributed by atoms with van der Waals surface area (Å²) in [5, 5.41) is 5.41.